The molecule has 1 aliphatic heterocycles. The highest BCUT2D eigenvalue weighted by atomic mass is 127. The molecule has 1 aliphatic rings. The molecule has 0 aliphatic carbocycles. The van der Waals surface area contributed by atoms with Gasteiger partial charge in [-0.3, -0.25) is 4.99 Å². The van der Waals surface area contributed by atoms with Crippen LogP contribution in [0.3, 0.4) is 0 Å². The number of anilines is 1. The largest absolute Gasteiger partial charge is 0.389 e. The number of alkyl halides is 3. The van der Waals surface area contributed by atoms with Crippen LogP contribution in [0, 0.1) is 5.82 Å². The van der Waals surface area contributed by atoms with Crippen LogP contribution in [0.2, 0.25) is 0 Å². The third kappa shape index (κ3) is 7.55. The number of halogens is 5. The average molecular weight is 488 g/mol. The molecule has 0 bridgehead atoms. The summed E-state index contributed by atoms with van der Waals surface area (Å²) >= 11 is 0. The first-order chi connectivity index (χ1) is 11.9. The number of piperazine rings is 1. The van der Waals surface area contributed by atoms with Crippen molar-refractivity contribution in [3.8, 4) is 0 Å². The molecule has 2 rings (SSSR count). The summed E-state index contributed by atoms with van der Waals surface area (Å²) in [6, 6.07) is 6.42. The van der Waals surface area contributed by atoms with Crippen molar-refractivity contribution in [3.63, 3.8) is 0 Å². The molecule has 1 aromatic carbocycles. The SMILES string of the molecule is CN=C(NCCCCC(F)(F)F)N1CCN(c2ccc(F)cc2)CC1.I. The third-order valence-electron chi connectivity index (χ3n) is 4.15. The predicted molar refractivity (Wildman–Crippen MR) is 107 cm³/mol. The molecular weight excluding hydrogens is 463 g/mol. The van der Waals surface area contributed by atoms with Gasteiger partial charge in [0.2, 0.25) is 0 Å². The second-order valence-corrected chi connectivity index (χ2v) is 6.00. The number of nitrogens with zero attached hydrogens (tertiary/aromatic N) is 3. The molecule has 0 radical (unpaired) electrons. The Balaban J connectivity index is 0.00000338. The Morgan fingerprint density at radius 3 is 2.23 bits per heavy atom. The maximum absolute atomic E-state index is 13.0. The molecule has 1 N–H and O–H groups in total. The third-order valence-corrected chi connectivity index (χ3v) is 4.15. The Bertz CT molecular complexity index is 555. The highest BCUT2D eigenvalue weighted by Crippen LogP contribution is 2.22. The molecule has 4 nitrogen and oxygen atoms in total. The molecule has 1 saturated heterocycles. The van der Waals surface area contributed by atoms with E-state index in [1.54, 1.807) is 19.2 Å². The zero-order chi connectivity index (χ0) is 18.3. The smallest absolute Gasteiger partial charge is 0.368 e. The number of benzene rings is 1. The van der Waals surface area contributed by atoms with E-state index in [1.807, 2.05) is 0 Å². The number of guanidine groups is 1. The molecule has 9 heteroatoms. The lowest BCUT2D eigenvalue weighted by Gasteiger charge is -2.37. The molecule has 1 aromatic rings. The maximum Gasteiger partial charge on any atom is 0.389 e. The zero-order valence-electron chi connectivity index (χ0n) is 14.7. The van der Waals surface area contributed by atoms with Gasteiger partial charge < -0.3 is 15.1 Å². The molecule has 0 amide bonds. The molecule has 1 fully saturated rings. The van der Waals surface area contributed by atoms with E-state index in [0.717, 1.165) is 31.9 Å². The van der Waals surface area contributed by atoms with Crippen molar-refractivity contribution in [2.75, 3.05) is 44.7 Å². The fourth-order valence-corrected chi connectivity index (χ4v) is 2.81. The molecule has 0 atom stereocenters. The Kier molecular flexibility index (Phi) is 9.45. The average Bonchev–Trinajstić information content (AvgIpc) is 2.58. The van der Waals surface area contributed by atoms with Crippen LogP contribution in [-0.2, 0) is 0 Å². The van der Waals surface area contributed by atoms with Crippen molar-refractivity contribution in [1.82, 2.24) is 10.2 Å². The van der Waals surface area contributed by atoms with Crippen LogP contribution in [0.1, 0.15) is 19.3 Å². The fourth-order valence-electron chi connectivity index (χ4n) is 2.81. The standard InChI is InChI=1S/C17H24F4N4.HI/c1-22-16(23-9-3-2-8-17(19,20)21)25-12-10-24(11-13-25)15-6-4-14(18)5-7-15;/h4-7H,2-3,8-13H2,1H3,(H,22,23);1H. The van der Waals surface area contributed by atoms with Crippen molar-refractivity contribution in [1.29, 1.82) is 0 Å². The van der Waals surface area contributed by atoms with E-state index in [4.69, 9.17) is 0 Å². The number of unbranched alkanes of at least 4 members (excludes halogenated alkanes) is 1. The summed E-state index contributed by atoms with van der Waals surface area (Å²) in [7, 11) is 1.67. The van der Waals surface area contributed by atoms with Crippen LogP contribution in [0.5, 0.6) is 0 Å². The maximum atomic E-state index is 13.0. The van der Waals surface area contributed by atoms with Gasteiger partial charge in [-0.25, -0.2) is 4.39 Å². The number of hydrogen-bond donors (Lipinski definition) is 1. The Hall–Kier alpha value is -1.26. The van der Waals surface area contributed by atoms with Gasteiger partial charge in [0.05, 0.1) is 0 Å². The second kappa shape index (κ2) is 10.8. The van der Waals surface area contributed by atoms with E-state index in [9.17, 15) is 17.6 Å². The van der Waals surface area contributed by atoms with Gasteiger partial charge in [0.15, 0.2) is 5.96 Å². The van der Waals surface area contributed by atoms with E-state index in [-0.39, 0.29) is 36.2 Å². The first kappa shape index (κ1) is 22.8. The molecule has 0 unspecified atom stereocenters. The van der Waals surface area contributed by atoms with Gasteiger partial charge in [0, 0.05) is 51.9 Å². The summed E-state index contributed by atoms with van der Waals surface area (Å²) in [4.78, 5) is 8.47. The van der Waals surface area contributed by atoms with Crippen molar-refractivity contribution in [3.05, 3.63) is 30.1 Å². The van der Waals surface area contributed by atoms with Gasteiger partial charge >= 0.3 is 6.18 Å². The topological polar surface area (TPSA) is 30.9 Å². The van der Waals surface area contributed by atoms with Crippen LogP contribution in [0.15, 0.2) is 29.3 Å². The summed E-state index contributed by atoms with van der Waals surface area (Å²) < 4.78 is 49.4. The van der Waals surface area contributed by atoms with E-state index in [0.29, 0.717) is 18.9 Å². The minimum Gasteiger partial charge on any atom is -0.368 e. The molecule has 0 saturated carbocycles. The minimum absolute atomic E-state index is 0. The van der Waals surface area contributed by atoms with Gasteiger partial charge in [-0.15, -0.1) is 24.0 Å². The Morgan fingerprint density at radius 2 is 1.69 bits per heavy atom. The molecule has 1 heterocycles. The Morgan fingerprint density at radius 1 is 1.08 bits per heavy atom. The monoisotopic (exact) mass is 488 g/mol. The second-order valence-electron chi connectivity index (χ2n) is 6.00. The van der Waals surface area contributed by atoms with Crippen LogP contribution >= 0.6 is 24.0 Å². The fraction of sp³-hybridized carbons (Fsp3) is 0.588. The van der Waals surface area contributed by atoms with Crippen LogP contribution in [-0.4, -0.2) is 56.8 Å². The van der Waals surface area contributed by atoms with E-state index >= 15 is 0 Å². The Labute approximate surface area is 168 Å². The minimum atomic E-state index is -4.08. The number of rotatable bonds is 5. The molecule has 0 aromatic heterocycles. The van der Waals surface area contributed by atoms with Gasteiger partial charge in [-0.2, -0.15) is 13.2 Å². The van der Waals surface area contributed by atoms with Crippen molar-refractivity contribution in [2.24, 2.45) is 4.99 Å². The lowest BCUT2D eigenvalue weighted by molar-refractivity contribution is -0.135. The van der Waals surface area contributed by atoms with Crippen molar-refractivity contribution >= 4 is 35.6 Å². The molecule has 0 spiro atoms. The van der Waals surface area contributed by atoms with Crippen molar-refractivity contribution in [2.45, 2.75) is 25.4 Å². The summed E-state index contributed by atoms with van der Waals surface area (Å²) in [5, 5.41) is 3.13. The van der Waals surface area contributed by atoms with Gasteiger partial charge in [0.1, 0.15) is 5.82 Å². The van der Waals surface area contributed by atoms with E-state index in [1.165, 1.54) is 12.1 Å². The number of aliphatic imine (C=N–C) groups is 1. The first-order valence-corrected chi connectivity index (χ1v) is 8.42. The highest BCUT2D eigenvalue weighted by molar-refractivity contribution is 14.0. The lowest BCUT2D eigenvalue weighted by Crippen LogP contribution is -2.52. The summed E-state index contributed by atoms with van der Waals surface area (Å²) in [5.41, 5.74) is 0.983. The van der Waals surface area contributed by atoms with Gasteiger partial charge in [0.25, 0.3) is 0 Å². The van der Waals surface area contributed by atoms with E-state index in [2.05, 4.69) is 20.1 Å². The molecule has 148 valence electrons. The first-order valence-electron chi connectivity index (χ1n) is 8.42. The van der Waals surface area contributed by atoms with Gasteiger partial charge in [-0.05, 0) is 37.1 Å². The van der Waals surface area contributed by atoms with Crippen molar-refractivity contribution < 1.29 is 17.6 Å². The zero-order valence-corrected chi connectivity index (χ0v) is 17.1. The quantitative estimate of drug-likeness (QED) is 0.225. The number of nitrogens with one attached hydrogen (secondary N) is 1. The molecular formula is C17H25F4IN4. The van der Waals surface area contributed by atoms with Gasteiger partial charge in [-0.1, -0.05) is 0 Å². The molecule has 26 heavy (non-hydrogen) atoms. The van der Waals surface area contributed by atoms with Crippen LogP contribution in [0.4, 0.5) is 23.2 Å². The summed E-state index contributed by atoms with van der Waals surface area (Å²) in [6.45, 7) is 3.53. The summed E-state index contributed by atoms with van der Waals surface area (Å²) in [6.07, 6.45) is -4.26. The normalized spacial score (nSPS) is 15.7. The number of hydrogen-bond acceptors (Lipinski definition) is 2. The predicted octanol–water partition coefficient (Wildman–Crippen LogP) is 3.87. The highest BCUT2D eigenvalue weighted by Gasteiger charge is 2.26. The summed E-state index contributed by atoms with van der Waals surface area (Å²) in [5.74, 6) is 0.461. The van der Waals surface area contributed by atoms with Crippen LogP contribution in [0.25, 0.3) is 0 Å². The van der Waals surface area contributed by atoms with Crippen LogP contribution < -0.4 is 10.2 Å². The lowest BCUT2D eigenvalue weighted by atomic mass is 10.2. The van der Waals surface area contributed by atoms with E-state index < -0.39 is 12.6 Å².